The molecule has 86 valence electrons. The summed E-state index contributed by atoms with van der Waals surface area (Å²) in [5, 5.41) is 11.4. The van der Waals surface area contributed by atoms with Crippen molar-refractivity contribution in [3.8, 4) is 18.4 Å². The van der Waals surface area contributed by atoms with Crippen molar-refractivity contribution in [2.45, 2.75) is 25.8 Å². The van der Waals surface area contributed by atoms with E-state index in [0.717, 1.165) is 5.56 Å². The van der Waals surface area contributed by atoms with Crippen molar-refractivity contribution < 1.29 is 4.79 Å². The number of nitrogens with zero attached hydrogens (tertiary/aromatic N) is 1. The summed E-state index contributed by atoms with van der Waals surface area (Å²) in [7, 11) is 0. The van der Waals surface area contributed by atoms with E-state index in [0.29, 0.717) is 5.56 Å². The highest BCUT2D eigenvalue weighted by Crippen LogP contribution is 2.05. The number of carbonyl (C=O) groups is 1. The Balaban J connectivity index is 2.64. The van der Waals surface area contributed by atoms with E-state index in [4.69, 9.17) is 11.7 Å². The fourth-order valence-corrected chi connectivity index (χ4v) is 1.31. The minimum atomic E-state index is -0.635. The van der Waals surface area contributed by atoms with E-state index >= 15 is 0 Å². The second-order valence-corrected chi connectivity index (χ2v) is 4.30. The molecule has 1 aromatic rings. The van der Waals surface area contributed by atoms with E-state index in [1.54, 1.807) is 38.1 Å². The first-order valence-corrected chi connectivity index (χ1v) is 5.24. The molecule has 1 rings (SSSR count). The first-order chi connectivity index (χ1) is 7.96. The fourth-order valence-electron chi connectivity index (χ4n) is 1.31. The number of benzene rings is 1. The molecule has 0 unspecified atom stereocenters. The van der Waals surface area contributed by atoms with Crippen molar-refractivity contribution in [3.63, 3.8) is 0 Å². The highest BCUT2D eigenvalue weighted by atomic mass is 16.1. The van der Waals surface area contributed by atoms with Crippen molar-refractivity contribution in [1.82, 2.24) is 5.32 Å². The van der Waals surface area contributed by atoms with E-state index in [1.165, 1.54) is 0 Å². The van der Waals surface area contributed by atoms with Crippen molar-refractivity contribution in [3.05, 3.63) is 35.4 Å². The van der Waals surface area contributed by atoms with Gasteiger partial charge in [0, 0.05) is 0 Å². The first-order valence-electron chi connectivity index (χ1n) is 5.24. The highest BCUT2D eigenvalue weighted by Gasteiger charge is 2.16. The minimum absolute atomic E-state index is 0.127. The number of carbonyl (C=O) groups excluding carboxylic acids is 1. The van der Waals surface area contributed by atoms with Crippen LogP contribution in [0.4, 0.5) is 0 Å². The van der Waals surface area contributed by atoms with Crippen LogP contribution >= 0.6 is 0 Å². The van der Waals surface area contributed by atoms with Crippen molar-refractivity contribution in [2.75, 3.05) is 0 Å². The number of nitriles is 1. The smallest absolute Gasteiger partial charge is 0.225 e. The number of hydrogen-bond acceptors (Lipinski definition) is 2. The fraction of sp³-hybridized carbons (Fsp3) is 0.286. The second-order valence-electron chi connectivity index (χ2n) is 4.30. The quantitative estimate of drug-likeness (QED) is 0.796. The lowest BCUT2D eigenvalue weighted by Crippen LogP contribution is -2.42. The van der Waals surface area contributed by atoms with Gasteiger partial charge in [0.05, 0.1) is 23.6 Å². The average molecular weight is 226 g/mol. The lowest BCUT2D eigenvalue weighted by Gasteiger charge is -2.19. The van der Waals surface area contributed by atoms with Crippen LogP contribution in [0.3, 0.4) is 0 Å². The molecule has 0 aliphatic rings. The van der Waals surface area contributed by atoms with Crippen molar-refractivity contribution in [1.29, 1.82) is 5.26 Å². The largest absolute Gasteiger partial charge is 0.340 e. The van der Waals surface area contributed by atoms with Gasteiger partial charge in [-0.2, -0.15) is 5.26 Å². The van der Waals surface area contributed by atoms with Crippen LogP contribution in [-0.2, 0) is 11.2 Å². The van der Waals surface area contributed by atoms with E-state index in [2.05, 4.69) is 11.2 Å². The maximum atomic E-state index is 11.7. The third-order valence-corrected chi connectivity index (χ3v) is 2.26. The van der Waals surface area contributed by atoms with Gasteiger partial charge in [0.1, 0.15) is 0 Å². The van der Waals surface area contributed by atoms with E-state index in [1.807, 2.05) is 6.07 Å². The summed E-state index contributed by atoms with van der Waals surface area (Å²) < 4.78 is 0. The molecule has 0 atom stereocenters. The molecule has 3 heteroatoms. The van der Waals surface area contributed by atoms with Gasteiger partial charge in [-0.25, -0.2) is 0 Å². The SMILES string of the molecule is C#CC(C)(C)NC(=O)Cc1ccc(C#N)cc1. The number of rotatable bonds is 3. The third kappa shape index (κ3) is 4.01. The van der Waals surface area contributed by atoms with Crippen LogP contribution in [0, 0.1) is 23.7 Å². The molecule has 1 aromatic carbocycles. The summed E-state index contributed by atoms with van der Waals surface area (Å²) in [4.78, 5) is 11.7. The van der Waals surface area contributed by atoms with Crippen LogP contribution in [0.5, 0.6) is 0 Å². The van der Waals surface area contributed by atoms with Gasteiger partial charge in [-0.3, -0.25) is 4.79 Å². The summed E-state index contributed by atoms with van der Waals surface area (Å²) in [6.45, 7) is 3.54. The zero-order chi connectivity index (χ0) is 12.9. The molecule has 1 amide bonds. The van der Waals surface area contributed by atoms with Crippen LogP contribution < -0.4 is 5.32 Å². The van der Waals surface area contributed by atoms with Gasteiger partial charge in [-0.1, -0.05) is 18.1 Å². The summed E-state index contributed by atoms with van der Waals surface area (Å²) in [5.41, 5.74) is 0.802. The zero-order valence-electron chi connectivity index (χ0n) is 9.95. The topological polar surface area (TPSA) is 52.9 Å². The van der Waals surface area contributed by atoms with Gasteiger partial charge in [0.15, 0.2) is 0 Å². The van der Waals surface area contributed by atoms with E-state index in [9.17, 15) is 4.79 Å². The molecule has 0 heterocycles. The van der Waals surface area contributed by atoms with Crippen LogP contribution in [0.2, 0.25) is 0 Å². The molecule has 0 saturated carbocycles. The van der Waals surface area contributed by atoms with E-state index in [-0.39, 0.29) is 12.3 Å². The Hall–Kier alpha value is -2.26. The molecule has 0 bridgehead atoms. The predicted molar refractivity (Wildman–Crippen MR) is 65.9 cm³/mol. The van der Waals surface area contributed by atoms with Crippen molar-refractivity contribution in [2.24, 2.45) is 0 Å². The molecule has 0 fully saturated rings. The second kappa shape index (κ2) is 5.18. The van der Waals surface area contributed by atoms with Gasteiger partial charge >= 0.3 is 0 Å². The maximum Gasteiger partial charge on any atom is 0.225 e. The third-order valence-electron chi connectivity index (χ3n) is 2.26. The Labute approximate surface area is 101 Å². The highest BCUT2D eigenvalue weighted by molar-refractivity contribution is 5.79. The van der Waals surface area contributed by atoms with Gasteiger partial charge in [0.25, 0.3) is 0 Å². The standard InChI is InChI=1S/C14H14N2O/c1-4-14(2,3)16-13(17)9-11-5-7-12(10-15)8-6-11/h1,5-8H,9H2,2-3H3,(H,16,17). The molecule has 0 saturated heterocycles. The Morgan fingerprint density at radius 3 is 2.47 bits per heavy atom. The van der Waals surface area contributed by atoms with Gasteiger partial charge in [0.2, 0.25) is 5.91 Å². The number of amides is 1. The number of hydrogen-bond donors (Lipinski definition) is 1. The molecule has 0 spiro atoms. The van der Waals surface area contributed by atoms with Crippen molar-refractivity contribution >= 4 is 5.91 Å². The van der Waals surface area contributed by atoms with Crippen LogP contribution in [-0.4, -0.2) is 11.4 Å². The molecule has 1 N–H and O–H groups in total. The average Bonchev–Trinajstić information content (AvgIpc) is 2.29. The minimum Gasteiger partial charge on any atom is -0.340 e. The Bertz CT molecular complexity index is 486. The summed E-state index contributed by atoms with van der Waals surface area (Å²) in [6.07, 6.45) is 5.55. The lowest BCUT2D eigenvalue weighted by atomic mass is 10.1. The van der Waals surface area contributed by atoms with Crippen LogP contribution in [0.25, 0.3) is 0 Å². The Morgan fingerprint density at radius 2 is 2.00 bits per heavy atom. The maximum absolute atomic E-state index is 11.7. The molecule has 0 aromatic heterocycles. The predicted octanol–water partition coefficient (Wildman–Crippen LogP) is 1.63. The molecular weight excluding hydrogens is 212 g/mol. The molecule has 17 heavy (non-hydrogen) atoms. The van der Waals surface area contributed by atoms with Crippen LogP contribution in [0.1, 0.15) is 25.0 Å². The van der Waals surface area contributed by atoms with Gasteiger partial charge in [-0.05, 0) is 31.5 Å². The van der Waals surface area contributed by atoms with E-state index < -0.39 is 5.54 Å². The normalized spacial score (nSPS) is 10.1. The number of terminal acetylenes is 1. The Morgan fingerprint density at radius 1 is 1.41 bits per heavy atom. The summed E-state index contributed by atoms with van der Waals surface area (Å²) in [6, 6.07) is 8.94. The molecule has 0 radical (unpaired) electrons. The summed E-state index contributed by atoms with van der Waals surface area (Å²) in [5.74, 6) is 2.37. The molecule has 0 aliphatic heterocycles. The van der Waals surface area contributed by atoms with Crippen LogP contribution in [0.15, 0.2) is 24.3 Å². The van der Waals surface area contributed by atoms with Gasteiger partial charge in [-0.15, -0.1) is 6.42 Å². The summed E-state index contributed by atoms with van der Waals surface area (Å²) >= 11 is 0. The molecule has 3 nitrogen and oxygen atoms in total. The lowest BCUT2D eigenvalue weighted by molar-refractivity contribution is -0.121. The number of nitrogens with one attached hydrogen (secondary N) is 1. The monoisotopic (exact) mass is 226 g/mol. The Kier molecular flexibility index (Phi) is 3.91. The van der Waals surface area contributed by atoms with Gasteiger partial charge < -0.3 is 5.32 Å². The zero-order valence-corrected chi connectivity index (χ0v) is 9.95. The first kappa shape index (κ1) is 12.8. The molecule has 0 aliphatic carbocycles. The molecular formula is C14H14N2O.